The Morgan fingerprint density at radius 2 is 2.07 bits per heavy atom. The molecule has 0 saturated carbocycles. The maximum atomic E-state index is 12.8. The number of halogens is 1. The van der Waals surface area contributed by atoms with Gasteiger partial charge in [0.25, 0.3) is 0 Å². The number of allylic oxidation sites excluding steroid dienone is 2. The Kier molecular flexibility index (Phi) is 5.98. The second-order valence-corrected chi connectivity index (χ2v) is 7.24. The van der Waals surface area contributed by atoms with Gasteiger partial charge in [-0.1, -0.05) is 0 Å². The highest BCUT2D eigenvalue weighted by Gasteiger charge is 2.41. The molecule has 0 unspecified atom stereocenters. The average molecular weight is 452 g/mol. The van der Waals surface area contributed by atoms with Gasteiger partial charge in [-0.3, -0.25) is 4.79 Å². The molecule has 0 aromatic heterocycles. The van der Waals surface area contributed by atoms with Crippen LogP contribution in [0.5, 0.6) is 11.5 Å². The van der Waals surface area contributed by atoms with Crippen LogP contribution in [0.3, 0.4) is 0 Å². The van der Waals surface area contributed by atoms with Gasteiger partial charge in [0, 0.05) is 18.4 Å². The summed E-state index contributed by atoms with van der Waals surface area (Å²) in [4.78, 5) is 25.3. The molecule has 0 spiro atoms. The molecule has 7 nitrogen and oxygen atoms in total. The number of ketones is 1. The largest absolute Gasteiger partial charge is 0.493 e. The van der Waals surface area contributed by atoms with Gasteiger partial charge in [0.2, 0.25) is 5.88 Å². The van der Waals surface area contributed by atoms with Crippen LogP contribution in [-0.4, -0.2) is 32.6 Å². The molecule has 2 aliphatic rings. The van der Waals surface area contributed by atoms with Crippen LogP contribution in [0.4, 0.5) is 0 Å². The zero-order chi connectivity index (χ0) is 20.4. The van der Waals surface area contributed by atoms with E-state index >= 15 is 0 Å². The lowest BCUT2D eigenvalue weighted by atomic mass is 9.77. The number of rotatable bonds is 5. The minimum atomic E-state index is -0.704. The maximum Gasteiger partial charge on any atom is 0.340 e. The predicted molar refractivity (Wildman–Crippen MR) is 105 cm³/mol. The second-order valence-electron chi connectivity index (χ2n) is 6.39. The van der Waals surface area contributed by atoms with Gasteiger partial charge in [0.05, 0.1) is 31.2 Å². The SMILES string of the molecule is CCOc1c(Br)cc([C@@H]2C(C(=O)OC)=C(N)OC3=C2C(=O)CCC3)cc1OC. The number of methoxy groups -OCH3 is 2. The Morgan fingerprint density at radius 1 is 1.32 bits per heavy atom. The van der Waals surface area contributed by atoms with Crippen LogP contribution in [0.15, 0.2) is 39.4 Å². The molecule has 0 amide bonds. The van der Waals surface area contributed by atoms with Gasteiger partial charge in [-0.2, -0.15) is 0 Å². The molecule has 150 valence electrons. The number of ether oxygens (including phenoxy) is 4. The lowest BCUT2D eigenvalue weighted by Crippen LogP contribution is -2.31. The van der Waals surface area contributed by atoms with Crippen LogP contribution >= 0.6 is 15.9 Å². The lowest BCUT2D eigenvalue weighted by Gasteiger charge is -2.32. The monoisotopic (exact) mass is 451 g/mol. The van der Waals surface area contributed by atoms with E-state index in [1.165, 1.54) is 14.2 Å². The van der Waals surface area contributed by atoms with Crippen molar-refractivity contribution in [2.45, 2.75) is 32.1 Å². The van der Waals surface area contributed by atoms with Crippen LogP contribution in [0.2, 0.25) is 0 Å². The number of carbonyl (C=O) groups excluding carboxylic acids is 2. The molecule has 0 fully saturated rings. The highest BCUT2D eigenvalue weighted by Crippen LogP contribution is 2.47. The van der Waals surface area contributed by atoms with E-state index in [1.54, 1.807) is 12.1 Å². The summed E-state index contributed by atoms with van der Waals surface area (Å²) in [6, 6.07) is 3.54. The van der Waals surface area contributed by atoms with E-state index < -0.39 is 11.9 Å². The number of nitrogens with two attached hydrogens (primary N) is 1. The van der Waals surface area contributed by atoms with E-state index in [0.717, 1.165) is 0 Å². The highest BCUT2D eigenvalue weighted by atomic mass is 79.9. The standard InChI is InChI=1S/C20H22BrNO6/c1-4-27-18-11(21)8-10(9-14(18)25-2)15-16-12(23)6-5-7-13(16)28-19(22)17(15)20(24)26-3/h8-9,15H,4-7,22H2,1-3H3/t15-/m0/s1. The van der Waals surface area contributed by atoms with E-state index in [9.17, 15) is 9.59 Å². The molecule has 2 N–H and O–H groups in total. The fourth-order valence-electron chi connectivity index (χ4n) is 3.59. The molecule has 1 aromatic carbocycles. The summed E-state index contributed by atoms with van der Waals surface area (Å²) in [5.74, 6) is 0.0718. The molecule has 1 aromatic rings. The molecule has 1 atom stereocenters. The topological polar surface area (TPSA) is 97.1 Å². The Bertz CT molecular complexity index is 889. The van der Waals surface area contributed by atoms with Crippen LogP contribution < -0.4 is 15.2 Å². The minimum absolute atomic E-state index is 0.0470. The fraction of sp³-hybridized carbons (Fsp3) is 0.400. The molecule has 8 heteroatoms. The van der Waals surface area contributed by atoms with Gasteiger partial charge in [0.1, 0.15) is 11.3 Å². The van der Waals surface area contributed by atoms with E-state index in [1.807, 2.05) is 6.92 Å². The van der Waals surface area contributed by atoms with E-state index in [2.05, 4.69) is 15.9 Å². The number of esters is 1. The maximum absolute atomic E-state index is 12.8. The molecule has 1 aliphatic carbocycles. The van der Waals surface area contributed by atoms with Crippen molar-refractivity contribution in [1.82, 2.24) is 0 Å². The summed E-state index contributed by atoms with van der Waals surface area (Å²) in [7, 11) is 2.79. The lowest BCUT2D eigenvalue weighted by molar-refractivity contribution is -0.136. The summed E-state index contributed by atoms with van der Waals surface area (Å²) in [5.41, 5.74) is 7.27. The van der Waals surface area contributed by atoms with Gasteiger partial charge in [-0.05, 0) is 47.0 Å². The van der Waals surface area contributed by atoms with Crippen molar-refractivity contribution >= 4 is 27.7 Å². The first kappa shape index (κ1) is 20.3. The third-order valence-corrected chi connectivity index (χ3v) is 5.35. The van der Waals surface area contributed by atoms with Crippen LogP contribution in [0.25, 0.3) is 0 Å². The molecule has 3 rings (SSSR count). The first-order valence-electron chi connectivity index (χ1n) is 8.95. The number of Topliss-reactive ketones (excluding diaryl/α,β-unsaturated/α-hetero) is 1. The number of hydrogen-bond donors (Lipinski definition) is 1. The van der Waals surface area contributed by atoms with Crippen LogP contribution in [0, 0.1) is 0 Å². The third-order valence-electron chi connectivity index (χ3n) is 4.76. The average Bonchev–Trinajstić information content (AvgIpc) is 2.68. The Balaban J connectivity index is 2.23. The van der Waals surface area contributed by atoms with Crippen molar-refractivity contribution in [3.63, 3.8) is 0 Å². The van der Waals surface area contributed by atoms with E-state index in [-0.39, 0.29) is 17.2 Å². The molecular weight excluding hydrogens is 430 g/mol. The second kappa shape index (κ2) is 8.26. The van der Waals surface area contributed by atoms with Crippen LogP contribution in [0.1, 0.15) is 37.7 Å². The zero-order valence-corrected chi connectivity index (χ0v) is 17.6. The van der Waals surface area contributed by atoms with Crippen molar-refractivity contribution in [3.8, 4) is 11.5 Å². The smallest absolute Gasteiger partial charge is 0.340 e. The number of carbonyl (C=O) groups is 2. The van der Waals surface area contributed by atoms with Gasteiger partial charge < -0.3 is 24.7 Å². The third kappa shape index (κ3) is 3.48. The molecule has 0 bridgehead atoms. The van der Waals surface area contributed by atoms with Crippen molar-refractivity contribution in [2.75, 3.05) is 20.8 Å². The van der Waals surface area contributed by atoms with Crippen molar-refractivity contribution in [3.05, 3.63) is 45.0 Å². The summed E-state index contributed by atoms with van der Waals surface area (Å²) in [6.07, 6.45) is 1.66. The predicted octanol–water partition coefficient (Wildman–Crippen LogP) is 3.32. The summed E-state index contributed by atoms with van der Waals surface area (Å²) < 4.78 is 22.3. The molecule has 1 aliphatic heterocycles. The van der Waals surface area contributed by atoms with E-state index in [0.29, 0.717) is 58.7 Å². The van der Waals surface area contributed by atoms with Crippen molar-refractivity contribution in [2.24, 2.45) is 5.73 Å². The fourth-order valence-corrected chi connectivity index (χ4v) is 4.16. The van der Waals surface area contributed by atoms with Gasteiger partial charge in [0.15, 0.2) is 17.3 Å². The van der Waals surface area contributed by atoms with Crippen LogP contribution in [-0.2, 0) is 19.1 Å². The first-order valence-corrected chi connectivity index (χ1v) is 9.74. The Morgan fingerprint density at radius 3 is 2.71 bits per heavy atom. The molecule has 0 radical (unpaired) electrons. The summed E-state index contributed by atoms with van der Waals surface area (Å²) >= 11 is 3.50. The normalized spacial score (nSPS) is 19.1. The highest BCUT2D eigenvalue weighted by molar-refractivity contribution is 9.10. The van der Waals surface area contributed by atoms with Gasteiger partial charge in [-0.15, -0.1) is 0 Å². The molecular formula is C20H22BrNO6. The van der Waals surface area contributed by atoms with E-state index in [4.69, 9.17) is 24.7 Å². The summed E-state index contributed by atoms with van der Waals surface area (Å²) in [5, 5.41) is 0. The Labute approximate surface area is 171 Å². The molecule has 0 saturated heterocycles. The minimum Gasteiger partial charge on any atom is -0.493 e. The van der Waals surface area contributed by atoms with Gasteiger partial charge >= 0.3 is 5.97 Å². The van der Waals surface area contributed by atoms with Crippen molar-refractivity contribution in [1.29, 1.82) is 0 Å². The molecule has 28 heavy (non-hydrogen) atoms. The zero-order valence-electron chi connectivity index (χ0n) is 16.0. The quantitative estimate of drug-likeness (QED) is 0.685. The number of benzene rings is 1. The summed E-state index contributed by atoms with van der Waals surface area (Å²) in [6.45, 7) is 2.33. The Hall–Kier alpha value is -2.48. The first-order chi connectivity index (χ1) is 13.4. The van der Waals surface area contributed by atoms with Crippen molar-refractivity contribution < 1.29 is 28.5 Å². The number of hydrogen-bond acceptors (Lipinski definition) is 7. The van der Waals surface area contributed by atoms with Gasteiger partial charge in [-0.25, -0.2) is 4.79 Å². The molecule has 1 heterocycles.